The molecule has 2 aromatic heterocycles. The van der Waals surface area contributed by atoms with Crippen LogP contribution in [0.15, 0.2) is 67.0 Å². The van der Waals surface area contributed by atoms with Gasteiger partial charge in [0, 0.05) is 39.5 Å². The Bertz CT molecular complexity index is 1080. The predicted octanol–water partition coefficient (Wildman–Crippen LogP) is 4.65. The Morgan fingerprint density at radius 2 is 1.80 bits per heavy atom. The van der Waals surface area contributed by atoms with Gasteiger partial charge in [0.05, 0.1) is 0 Å². The fraction of sp³-hybridized carbons (Fsp3) is 0. The Hall–Kier alpha value is -3.11. The molecule has 0 unspecified atom stereocenters. The lowest BCUT2D eigenvalue weighted by Gasteiger charge is -2.05. The molecule has 2 aromatic carbocycles. The van der Waals surface area contributed by atoms with E-state index >= 15 is 0 Å². The number of pyridine rings is 1. The summed E-state index contributed by atoms with van der Waals surface area (Å²) in [6.07, 6.45) is 3.72. The summed E-state index contributed by atoms with van der Waals surface area (Å²) >= 11 is 5.98. The third-order valence-electron chi connectivity index (χ3n) is 4.17. The zero-order valence-electron chi connectivity index (χ0n) is 13.2. The van der Waals surface area contributed by atoms with E-state index in [4.69, 9.17) is 17.3 Å². The highest BCUT2D eigenvalue weighted by atomic mass is 35.5. The molecule has 4 rings (SSSR count). The molecule has 2 heterocycles. The van der Waals surface area contributed by atoms with Crippen molar-refractivity contribution in [1.82, 2.24) is 9.97 Å². The van der Waals surface area contributed by atoms with E-state index in [0.29, 0.717) is 10.6 Å². The van der Waals surface area contributed by atoms with E-state index in [1.807, 2.05) is 42.6 Å². The molecule has 0 aliphatic carbocycles. The number of fused-ring (bicyclic) bond motifs is 1. The van der Waals surface area contributed by atoms with Gasteiger partial charge >= 0.3 is 0 Å². The number of nitrogens with zero attached hydrogens (tertiary/aromatic N) is 1. The second-order valence-corrected chi connectivity index (χ2v) is 6.21. The van der Waals surface area contributed by atoms with Crippen molar-refractivity contribution in [2.75, 3.05) is 0 Å². The van der Waals surface area contributed by atoms with Crippen LogP contribution in [0.5, 0.6) is 0 Å². The van der Waals surface area contributed by atoms with Crippen molar-refractivity contribution < 1.29 is 4.79 Å². The zero-order valence-corrected chi connectivity index (χ0v) is 13.9. The highest BCUT2D eigenvalue weighted by Gasteiger charge is 2.10. The van der Waals surface area contributed by atoms with E-state index in [9.17, 15) is 4.79 Å². The van der Waals surface area contributed by atoms with Crippen molar-refractivity contribution in [3.8, 4) is 22.3 Å². The van der Waals surface area contributed by atoms with Crippen LogP contribution in [0.2, 0.25) is 5.02 Å². The van der Waals surface area contributed by atoms with E-state index in [0.717, 1.165) is 33.3 Å². The molecular weight excluding hydrogens is 334 g/mol. The van der Waals surface area contributed by atoms with Gasteiger partial charge in [-0.15, -0.1) is 0 Å². The van der Waals surface area contributed by atoms with Crippen LogP contribution in [0.3, 0.4) is 0 Å². The molecule has 0 spiro atoms. The van der Waals surface area contributed by atoms with Gasteiger partial charge in [-0.3, -0.25) is 4.79 Å². The first kappa shape index (κ1) is 15.4. The molecule has 4 aromatic rings. The number of aromatic amines is 1. The molecule has 3 N–H and O–H groups in total. The van der Waals surface area contributed by atoms with Crippen molar-refractivity contribution >= 4 is 28.5 Å². The van der Waals surface area contributed by atoms with Crippen molar-refractivity contribution in [3.05, 3.63) is 77.6 Å². The minimum Gasteiger partial charge on any atom is -0.366 e. The molecule has 25 heavy (non-hydrogen) atoms. The number of primary amides is 1. The second-order valence-electron chi connectivity index (χ2n) is 5.77. The van der Waals surface area contributed by atoms with Gasteiger partial charge in [-0.2, -0.15) is 0 Å². The number of halogens is 1. The predicted molar refractivity (Wildman–Crippen MR) is 100 cm³/mol. The lowest BCUT2D eigenvalue weighted by Crippen LogP contribution is -2.10. The van der Waals surface area contributed by atoms with Crippen molar-refractivity contribution in [2.24, 2.45) is 5.73 Å². The average molecular weight is 348 g/mol. The van der Waals surface area contributed by atoms with Crippen molar-refractivity contribution in [2.45, 2.75) is 0 Å². The minimum atomic E-state index is -0.445. The number of hydrogen-bond donors (Lipinski definition) is 2. The largest absolute Gasteiger partial charge is 0.366 e. The number of H-pyrrole nitrogens is 1. The molecule has 122 valence electrons. The first-order valence-electron chi connectivity index (χ1n) is 7.75. The summed E-state index contributed by atoms with van der Waals surface area (Å²) < 4.78 is 0. The van der Waals surface area contributed by atoms with Gasteiger partial charge in [-0.05, 0) is 41.5 Å². The van der Waals surface area contributed by atoms with Gasteiger partial charge in [0.1, 0.15) is 5.65 Å². The fourth-order valence-electron chi connectivity index (χ4n) is 2.88. The minimum absolute atomic E-state index is 0.445. The average Bonchev–Trinajstić information content (AvgIpc) is 3.05. The first-order valence-corrected chi connectivity index (χ1v) is 8.13. The van der Waals surface area contributed by atoms with Crippen LogP contribution in [0.25, 0.3) is 33.3 Å². The molecule has 0 bridgehead atoms. The summed E-state index contributed by atoms with van der Waals surface area (Å²) in [6.45, 7) is 0. The maximum atomic E-state index is 11.4. The Morgan fingerprint density at radius 3 is 2.56 bits per heavy atom. The van der Waals surface area contributed by atoms with Crippen LogP contribution in [0.4, 0.5) is 0 Å². The molecule has 0 fully saturated rings. The summed E-state index contributed by atoms with van der Waals surface area (Å²) in [4.78, 5) is 19.1. The number of benzene rings is 2. The van der Waals surface area contributed by atoms with Gasteiger partial charge in [0.2, 0.25) is 5.91 Å². The first-order chi connectivity index (χ1) is 12.1. The van der Waals surface area contributed by atoms with E-state index in [1.54, 1.807) is 18.3 Å². The van der Waals surface area contributed by atoms with E-state index in [1.165, 1.54) is 0 Å². The Labute approximate surface area is 149 Å². The lowest BCUT2D eigenvalue weighted by molar-refractivity contribution is 0.100. The van der Waals surface area contributed by atoms with Crippen LogP contribution in [0, 0.1) is 0 Å². The smallest absolute Gasteiger partial charge is 0.248 e. The van der Waals surface area contributed by atoms with Crippen LogP contribution in [-0.2, 0) is 0 Å². The van der Waals surface area contributed by atoms with Gasteiger partial charge in [-0.25, -0.2) is 4.98 Å². The summed E-state index contributed by atoms with van der Waals surface area (Å²) in [7, 11) is 0. The van der Waals surface area contributed by atoms with E-state index in [2.05, 4.69) is 16.0 Å². The number of nitrogens with two attached hydrogens (primary N) is 1. The molecule has 0 saturated heterocycles. The molecule has 0 radical (unpaired) electrons. The summed E-state index contributed by atoms with van der Waals surface area (Å²) in [5, 5.41) is 1.70. The van der Waals surface area contributed by atoms with Gasteiger partial charge < -0.3 is 10.7 Å². The SMILES string of the molecule is NC(=O)c1cccc(-c2cnc3[nH]cc(-c4ccc(Cl)cc4)c3c2)c1. The summed E-state index contributed by atoms with van der Waals surface area (Å²) in [5.74, 6) is -0.445. The number of carbonyl (C=O) groups excluding carboxylic acids is 1. The van der Waals surface area contributed by atoms with Crippen LogP contribution >= 0.6 is 11.6 Å². The number of nitrogens with one attached hydrogen (secondary N) is 1. The summed E-state index contributed by atoms with van der Waals surface area (Å²) in [6, 6.07) is 17.0. The molecule has 0 saturated carbocycles. The highest BCUT2D eigenvalue weighted by molar-refractivity contribution is 6.30. The van der Waals surface area contributed by atoms with Gasteiger partial charge in [-0.1, -0.05) is 35.9 Å². The fourth-order valence-corrected chi connectivity index (χ4v) is 3.01. The monoisotopic (exact) mass is 347 g/mol. The third-order valence-corrected chi connectivity index (χ3v) is 4.42. The number of aromatic nitrogens is 2. The van der Waals surface area contributed by atoms with Crippen molar-refractivity contribution in [1.29, 1.82) is 0 Å². The number of amides is 1. The normalized spacial score (nSPS) is 10.9. The summed E-state index contributed by atoms with van der Waals surface area (Å²) in [5.41, 5.74) is 10.6. The van der Waals surface area contributed by atoms with Gasteiger partial charge in [0.15, 0.2) is 0 Å². The highest BCUT2D eigenvalue weighted by Crippen LogP contribution is 2.31. The van der Waals surface area contributed by atoms with E-state index in [-0.39, 0.29) is 0 Å². The van der Waals surface area contributed by atoms with E-state index < -0.39 is 5.91 Å². The van der Waals surface area contributed by atoms with Gasteiger partial charge in [0.25, 0.3) is 0 Å². The molecule has 0 aliphatic heterocycles. The molecule has 5 heteroatoms. The van der Waals surface area contributed by atoms with Crippen LogP contribution < -0.4 is 5.73 Å². The second kappa shape index (κ2) is 6.07. The lowest BCUT2D eigenvalue weighted by atomic mass is 10.0. The Morgan fingerprint density at radius 1 is 1.00 bits per heavy atom. The third kappa shape index (κ3) is 2.88. The molecule has 0 atom stereocenters. The molecule has 0 aliphatic rings. The number of carbonyl (C=O) groups is 1. The standard InChI is InChI=1S/C20H14ClN3O/c21-16-6-4-12(5-7-16)18-11-24-20-17(18)9-15(10-23-20)13-2-1-3-14(8-13)19(22)25/h1-11H,(H2,22,25)(H,23,24). The Kier molecular flexibility index (Phi) is 3.75. The molecular formula is C20H14ClN3O. The maximum absolute atomic E-state index is 11.4. The number of hydrogen-bond acceptors (Lipinski definition) is 2. The maximum Gasteiger partial charge on any atom is 0.248 e. The van der Waals surface area contributed by atoms with Crippen molar-refractivity contribution in [3.63, 3.8) is 0 Å². The zero-order chi connectivity index (χ0) is 17.4. The molecule has 4 nitrogen and oxygen atoms in total. The Balaban J connectivity index is 1.85. The quantitative estimate of drug-likeness (QED) is 0.566. The number of rotatable bonds is 3. The topological polar surface area (TPSA) is 71.8 Å². The van der Waals surface area contributed by atoms with Crippen LogP contribution in [-0.4, -0.2) is 15.9 Å². The van der Waals surface area contributed by atoms with Crippen LogP contribution in [0.1, 0.15) is 10.4 Å². The molecule has 1 amide bonds.